The molecule has 0 aliphatic carbocycles. The number of hydrogen-bond donors (Lipinski definition) is 8. The van der Waals surface area contributed by atoms with Gasteiger partial charge in [0.05, 0.1) is 12.4 Å². The van der Waals surface area contributed by atoms with E-state index >= 15 is 0 Å². The number of hydrogen-bond acceptors (Lipinski definition) is 8. The molecule has 0 aromatic carbocycles. The van der Waals surface area contributed by atoms with E-state index in [-0.39, 0.29) is 25.2 Å². The fraction of sp³-hybridized carbons (Fsp3) is 0.652. The van der Waals surface area contributed by atoms with E-state index in [1.54, 1.807) is 0 Å². The number of aliphatic carboxylic acids is 2. The van der Waals surface area contributed by atoms with Crippen LogP contribution in [0.3, 0.4) is 0 Å². The van der Waals surface area contributed by atoms with Gasteiger partial charge in [-0.05, 0) is 44.6 Å². The highest BCUT2D eigenvalue weighted by Crippen LogP contribution is 2.08. The highest BCUT2D eigenvalue weighted by atomic mass is 16.4. The van der Waals surface area contributed by atoms with Crippen molar-refractivity contribution in [1.29, 1.82) is 0 Å². The second-order valence-corrected chi connectivity index (χ2v) is 9.26. The van der Waals surface area contributed by atoms with Crippen molar-refractivity contribution < 1.29 is 34.2 Å². The number of nitrogens with two attached hydrogens (primary N) is 2. The van der Waals surface area contributed by atoms with E-state index in [0.717, 1.165) is 0 Å². The van der Waals surface area contributed by atoms with E-state index in [4.69, 9.17) is 16.6 Å². The molecule has 0 saturated heterocycles. The van der Waals surface area contributed by atoms with Gasteiger partial charge in [-0.15, -0.1) is 0 Å². The minimum atomic E-state index is -1.47. The van der Waals surface area contributed by atoms with Gasteiger partial charge in [0.15, 0.2) is 0 Å². The number of carbonyl (C=O) groups excluding carboxylic acids is 3. The molecule has 0 radical (unpaired) electrons. The number of H-pyrrole nitrogens is 1. The zero-order chi connectivity index (χ0) is 28.0. The third kappa shape index (κ3) is 12.3. The van der Waals surface area contributed by atoms with Crippen LogP contribution in [0.25, 0.3) is 0 Å². The smallest absolute Gasteiger partial charge is 0.326 e. The van der Waals surface area contributed by atoms with Crippen LogP contribution in [-0.4, -0.2) is 80.6 Å². The van der Waals surface area contributed by atoms with Crippen LogP contribution in [0, 0.1) is 5.92 Å². The Balaban J connectivity index is 3.05. The van der Waals surface area contributed by atoms with E-state index in [1.165, 1.54) is 12.5 Å². The Morgan fingerprint density at radius 1 is 0.946 bits per heavy atom. The maximum absolute atomic E-state index is 13.2. The molecular weight excluding hydrogens is 486 g/mol. The van der Waals surface area contributed by atoms with E-state index in [2.05, 4.69) is 25.9 Å². The van der Waals surface area contributed by atoms with Crippen LogP contribution in [0.2, 0.25) is 0 Å². The number of nitrogens with zero attached hydrogens (tertiary/aromatic N) is 1. The summed E-state index contributed by atoms with van der Waals surface area (Å²) in [7, 11) is 0. The second-order valence-electron chi connectivity index (χ2n) is 9.26. The number of carbonyl (C=O) groups is 5. The first-order valence-electron chi connectivity index (χ1n) is 12.2. The number of unbranched alkanes of at least 4 members (excludes halogenated alkanes) is 1. The molecule has 1 heterocycles. The van der Waals surface area contributed by atoms with E-state index in [1.807, 2.05) is 13.8 Å². The predicted molar refractivity (Wildman–Crippen MR) is 133 cm³/mol. The molecule has 208 valence electrons. The topological polar surface area (TPSA) is 243 Å². The lowest BCUT2D eigenvalue weighted by Gasteiger charge is -2.25. The highest BCUT2D eigenvalue weighted by Gasteiger charge is 2.31. The Hall–Kier alpha value is -3.52. The molecule has 0 saturated carbocycles. The van der Waals surface area contributed by atoms with Gasteiger partial charge in [-0.1, -0.05) is 13.8 Å². The molecule has 0 aliphatic rings. The minimum absolute atomic E-state index is 0.0564. The van der Waals surface area contributed by atoms with Crippen molar-refractivity contribution in [2.24, 2.45) is 17.4 Å². The summed E-state index contributed by atoms with van der Waals surface area (Å²) in [5.41, 5.74) is 12.0. The Bertz CT molecular complexity index is 892. The average Bonchev–Trinajstić information content (AvgIpc) is 3.32. The Kier molecular flexibility index (Phi) is 13.9. The molecule has 1 aromatic heterocycles. The molecule has 0 aliphatic heterocycles. The van der Waals surface area contributed by atoms with Crippen LogP contribution >= 0.6 is 0 Å². The highest BCUT2D eigenvalue weighted by molar-refractivity contribution is 5.94. The van der Waals surface area contributed by atoms with Crippen molar-refractivity contribution in [2.75, 3.05) is 6.54 Å². The lowest BCUT2D eigenvalue weighted by molar-refractivity contribution is -0.143. The van der Waals surface area contributed by atoms with Gasteiger partial charge in [-0.3, -0.25) is 19.2 Å². The first-order valence-corrected chi connectivity index (χ1v) is 12.2. The van der Waals surface area contributed by atoms with Crippen molar-refractivity contribution in [3.05, 3.63) is 18.2 Å². The number of carboxylic acid groups (broad SMARTS) is 2. The van der Waals surface area contributed by atoms with Gasteiger partial charge in [0.1, 0.15) is 18.1 Å². The lowest BCUT2D eigenvalue weighted by Crippen LogP contribution is -2.57. The molecule has 1 rings (SSSR count). The van der Waals surface area contributed by atoms with Gasteiger partial charge in [0.2, 0.25) is 17.7 Å². The molecule has 4 atom stereocenters. The van der Waals surface area contributed by atoms with Crippen LogP contribution in [0.5, 0.6) is 0 Å². The van der Waals surface area contributed by atoms with Gasteiger partial charge >= 0.3 is 11.9 Å². The van der Waals surface area contributed by atoms with Crippen LogP contribution < -0.4 is 27.4 Å². The lowest BCUT2D eigenvalue weighted by atomic mass is 10.0. The molecule has 14 heteroatoms. The molecule has 3 amide bonds. The van der Waals surface area contributed by atoms with Crippen molar-refractivity contribution in [2.45, 2.75) is 83.0 Å². The van der Waals surface area contributed by atoms with Gasteiger partial charge in [0, 0.05) is 24.7 Å². The largest absolute Gasteiger partial charge is 0.481 e. The first-order chi connectivity index (χ1) is 17.4. The fourth-order valence-electron chi connectivity index (χ4n) is 3.55. The normalized spacial score (nSPS) is 14.3. The summed E-state index contributed by atoms with van der Waals surface area (Å²) >= 11 is 0. The number of rotatable bonds is 18. The quantitative estimate of drug-likeness (QED) is 0.107. The van der Waals surface area contributed by atoms with E-state index in [0.29, 0.717) is 31.5 Å². The molecule has 10 N–H and O–H groups in total. The zero-order valence-electron chi connectivity index (χ0n) is 21.2. The van der Waals surface area contributed by atoms with Crippen molar-refractivity contribution in [3.63, 3.8) is 0 Å². The number of imidazole rings is 1. The Morgan fingerprint density at radius 3 is 2.11 bits per heavy atom. The summed E-state index contributed by atoms with van der Waals surface area (Å²) in [5.74, 6) is -4.45. The van der Waals surface area contributed by atoms with E-state index < -0.39 is 60.2 Å². The maximum Gasteiger partial charge on any atom is 0.326 e. The second kappa shape index (κ2) is 16.3. The number of nitrogens with one attached hydrogen (secondary N) is 4. The average molecular weight is 526 g/mol. The van der Waals surface area contributed by atoms with E-state index in [9.17, 15) is 29.1 Å². The molecule has 1 aromatic rings. The summed E-state index contributed by atoms with van der Waals surface area (Å²) in [4.78, 5) is 67.9. The minimum Gasteiger partial charge on any atom is -0.481 e. The van der Waals surface area contributed by atoms with Crippen LogP contribution in [-0.2, 0) is 30.4 Å². The SMILES string of the molecule is CC(C)CC(N)C(=O)NC(CCCCN)C(=O)NC(Cc1cnc[nH]1)C(=O)NC(CCC(=O)O)C(=O)O. The molecular formula is C23H39N7O7. The van der Waals surface area contributed by atoms with Crippen molar-refractivity contribution in [1.82, 2.24) is 25.9 Å². The molecule has 14 nitrogen and oxygen atoms in total. The summed E-state index contributed by atoms with van der Waals surface area (Å²) in [5, 5.41) is 25.8. The van der Waals surface area contributed by atoms with Crippen molar-refractivity contribution >= 4 is 29.7 Å². The standard InChI is InChI=1S/C23H39N7O7/c1-13(2)9-15(25)20(33)28-16(5-3-4-8-24)21(34)30-18(10-14-11-26-12-27-14)22(35)29-17(23(36)37)6-7-19(31)32/h11-13,15-18H,3-10,24-25H2,1-2H3,(H,26,27)(H,28,33)(H,29,35)(H,30,34)(H,31,32)(H,36,37). The number of aromatic amines is 1. The molecule has 0 spiro atoms. The Morgan fingerprint density at radius 2 is 1.57 bits per heavy atom. The Labute approximate surface area is 215 Å². The maximum atomic E-state index is 13.2. The first kappa shape index (κ1) is 31.5. The number of aromatic nitrogens is 2. The van der Waals surface area contributed by atoms with Crippen LogP contribution in [0.4, 0.5) is 0 Å². The molecule has 37 heavy (non-hydrogen) atoms. The summed E-state index contributed by atoms with van der Waals surface area (Å²) in [6.07, 6.45) is 3.76. The van der Waals surface area contributed by atoms with Crippen LogP contribution in [0.1, 0.15) is 58.1 Å². The summed E-state index contributed by atoms with van der Waals surface area (Å²) in [6.45, 7) is 4.23. The fourth-order valence-corrected chi connectivity index (χ4v) is 3.55. The molecule has 4 unspecified atom stereocenters. The zero-order valence-corrected chi connectivity index (χ0v) is 21.2. The molecule has 0 fully saturated rings. The van der Waals surface area contributed by atoms with Gasteiger partial charge < -0.3 is 42.6 Å². The number of amides is 3. The monoisotopic (exact) mass is 525 g/mol. The predicted octanol–water partition coefficient (Wildman–Crippen LogP) is -1.14. The summed E-state index contributed by atoms with van der Waals surface area (Å²) < 4.78 is 0. The van der Waals surface area contributed by atoms with Crippen molar-refractivity contribution in [3.8, 4) is 0 Å². The summed E-state index contributed by atoms with van der Waals surface area (Å²) in [6, 6.07) is -4.53. The molecule has 0 bridgehead atoms. The third-order valence-electron chi connectivity index (χ3n) is 5.52. The van der Waals surface area contributed by atoms with Gasteiger partial charge in [0.25, 0.3) is 0 Å². The van der Waals surface area contributed by atoms with Gasteiger partial charge in [-0.2, -0.15) is 0 Å². The number of carboxylic acids is 2. The van der Waals surface area contributed by atoms with Gasteiger partial charge in [-0.25, -0.2) is 9.78 Å². The van der Waals surface area contributed by atoms with Crippen LogP contribution in [0.15, 0.2) is 12.5 Å². The third-order valence-corrected chi connectivity index (χ3v) is 5.52.